The first kappa shape index (κ1) is 13.1. The van der Waals surface area contributed by atoms with Gasteiger partial charge in [0.25, 0.3) is 5.91 Å². The number of nitrogens with one attached hydrogen (secondary N) is 2. The van der Waals surface area contributed by atoms with Crippen molar-refractivity contribution in [1.29, 1.82) is 0 Å². The Bertz CT molecular complexity index is 818. The summed E-state index contributed by atoms with van der Waals surface area (Å²) in [6.07, 6.45) is 4.00. The van der Waals surface area contributed by atoms with Gasteiger partial charge in [0.2, 0.25) is 0 Å². The predicted octanol–water partition coefficient (Wildman–Crippen LogP) is 3.02. The number of hydrogen-bond donors (Lipinski definition) is 2. The second-order valence-corrected chi connectivity index (χ2v) is 5.97. The van der Waals surface area contributed by atoms with Crippen LogP contribution in [0.1, 0.15) is 28.8 Å². The molecule has 0 atom stereocenters. The lowest BCUT2D eigenvalue weighted by Gasteiger charge is -2.16. The average molecular weight is 291 g/mol. The van der Waals surface area contributed by atoms with Crippen LogP contribution in [0.3, 0.4) is 0 Å². The summed E-state index contributed by atoms with van der Waals surface area (Å²) in [5.41, 5.74) is 2.89. The molecule has 4 rings (SSSR count). The minimum atomic E-state index is -0.0444. The summed E-state index contributed by atoms with van der Waals surface area (Å²) >= 11 is 0. The van der Waals surface area contributed by atoms with Gasteiger partial charge in [0.05, 0.1) is 17.3 Å². The first-order valence-corrected chi connectivity index (χ1v) is 7.54. The summed E-state index contributed by atoms with van der Waals surface area (Å²) in [5.74, 6) is -0.0444. The van der Waals surface area contributed by atoms with Crippen LogP contribution >= 0.6 is 0 Å². The van der Waals surface area contributed by atoms with E-state index < -0.39 is 0 Å². The molecule has 1 amide bonds. The van der Waals surface area contributed by atoms with E-state index >= 15 is 0 Å². The molecule has 1 aliphatic carbocycles. The van der Waals surface area contributed by atoms with E-state index in [-0.39, 0.29) is 11.3 Å². The molecule has 1 heterocycles. The molecule has 1 aliphatic rings. The van der Waals surface area contributed by atoms with Crippen LogP contribution in [0.4, 0.5) is 0 Å². The first-order chi connectivity index (χ1) is 10.8. The van der Waals surface area contributed by atoms with Crippen molar-refractivity contribution in [3.63, 3.8) is 0 Å². The van der Waals surface area contributed by atoms with Crippen LogP contribution in [0.15, 0.2) is 54.7 Å². The van der Waals surface area contributed by atoms with Crippen molar-refractivity contribution < 1.29 is 4.79 Å². The molecule has 4 nitrogen and oxygen atoms in total. The van der Waals surface area contributed by atoms with E-state index in [9.17, 15) is 4.79 Å². The van der Waals surface area contributed by atoms with Crippen LogP contribution in [0, 0.1) is 0 Å². The van der Waals surface area contributed by atoms with Crippen molar-refractivity contribution in [1.82, 2.24) is 15.5 Å². The smallest absolute Gasteiger partial charge is 0.253 e. The Kier molecular flexibility index (Phi) is 2.96. The number of H-pyrrole nitrogens is 1. The normalized spacial score (nSPS) is 15.6. The van der Waals surface area contributed by atoms with Gasteiger partial charge in [0.1, 0.15) is 0 Å². The van der Waals surface area contributed by atoms with E-state index in [0.717, 1.165) is 23.7 Å². The molecule has 1 aromatic heterocycles. The van der Waals surface area contributed by atoms with E-state index in [0.29, 0.717) is 12.1 Å². The Hall–Kier alpha value is -2.62. The molecule has 2 aromatic carbocycles. The number of aromatic nitrogens is 2. The molecule has 0 saturated heterocycles. The Morgan fingerprint density at radius 2 is 1.95 bits per heavy atom. The fourth-order valence-electron chi connectivity index (χ4n) is 3.01. The topological polar surface area (TPSA) is 57.8 Å². The largest absolute Gasteiger partial charge is 0.351 e. The average Bonchev–Trinajstić information content (AvgIpc) is 3.21. The van der Waals surface area contributed by atoms with E-state index in [4.69, 9.17) is 0 Å². The van der Waals surface area contributed by atoms with Crippen molar-refractivity contribution >= 4 is 16.8 Å². The van der Waals surface area contributed by atoms with Crippen molar-refractivity contribution in [3.05, 3.63) is 65.9 Å². The molecule has 1 saturated carbocycles. The minimum absolute atomic E-state index is 0.0444. The van der Waals surface area contributed by atoms with Crippen LogP contribution in [0.2, 0.25) is 0 Å². The van der Waals surface area contributed by atoms with Gasteiger partial charge in [0.15, 0.2) is 0 Å². The maximum atomic E-state index is 12.5. The first-order valence-electron chi connectivity index (χ1n) is 7.54. The molecule has 0 bridgehead atoms. The summed E-state index contributed by atoms with van der Waals surface area (Å²) in [7, 11) is 0. The monoisotopic (exact) mass is 291 g/mol. The van der Waals surface area contributed by atoms with Crippen molar-refractivity contribution in [2.45, 2.75) is 18.3 Å². The highest BCUT2D eigenvalue weighted by atomic mass is 16.1. The highest BCUT2D eigenvalue weighted by Gasteiger charge is 2.44. The number of amides is 1. The third-order valence-electron chi connectivity index (χ3n) is 4.55. The molecule has 110 valence electrons. The molecule has 22 heavy (non-hydrogen) atoms. The molecule has 3 aromatic rings. The number of rotatable bonds is 4. The number of aromatic amines is 1. The van der Waals surface area contributed by atoms with E-state index in [2.05, 4.69) is 39.8 Å². The van der Waals surface area contributed by atoms with E-state index in [1.165, 1.54) is 5.56 Å². The van der Waals surface area contributed by atoms with Gasteiger partial charge < -0.3 is 5.32 Å². The molecule has 0 radical (unpaired) electrons. The van der Waals surface area contributed by atoms with Gasteiger partial charge in [0, 0.05) is 17.3 Å². The summed E-state index contributed by atoms with van der Waals surface area (Å²) in [6.45, 7) is 0.681. The third kappa shape index (κ3) is 2.17. The fraction of sp³-hybridized carbons (Fsp3) is 0.222. The molecular weight excluding hydrogens is 274 g/mol. The number of benzene rings is 2. The number of para-hydroxylation sites is 1. The van der Waals surface area contributed by atoms with Gasteiger partial charge in [-0.15, -0.1) is 0 Å². The molecule has 4 heteroatoms. The maximum absolute atomic E-state index is 12.5. The quantitative estimate of drug-likeness (QED) is 0.776. The second kappa shape index (κ2) is 4.98. The van der Waals surface area contributed by atoms with Gasteiger partial charge in [-0.1, -0.05) is 42.5 Å². The number of hydrogen-bond acceptors (Lipinski definition) is 2. The Balaban J connectivity index is 1.53. The zero-order chi connectivity index (χ0) is 15.0. The maximum Gasteiger partial charge on any atom is 0.253 e. The van der Waals surface area contributed by atoms with Crippen LogP contribution in [0.25, 0.3) is 10.9 Å². The van der Waals surface area contributed by atoms with Crippen LogP contribution < -0.4 is 5.32 Å². The van der Waals surface area contributed by atoms with Gasteiger partial charge in [-0.25, -0.2) is 0 Å². The standard InChI is InChI=1S/C18H17N3O/c22-17(15-8-4-5-13-11-20-21-16(13)15)19-12-18(9-10-18)14-6-2-1-3-7-14/h1-8,11H,9-10,12H2,(H,19,22)(H,20,21). The second-order valence-electron chi connectivity index (χ2n) is 5.97. The molecule has 1 fully saturated rings. The molecular formula is C18H17N3O. The summed E-state index contributed by atoms with van der Waals surface area (Å²) < 4.78 is 0. The Morgan fingerprint density at radius 3 is 2.73 bits per heavy atom. The van der Waals surface area contributed by atoms with Crippen molar-refractivity contribution in [2.75, 3.05) is 6.54 Å². The lowest BCUT2D eigenvalue weighted by atomic mass is 9.96. The van der Waals surface area contributed by atoms with Crippen molar-refractivity contribution in [3.8, 4) is 0 Å². The molecule has 0 spiro atoms. The fourth-order valence-corrected chi connectivity index (χ4v) is 3.01. The number of carbonyl (C=O) groups is 1. The zero-order valence-corrected chi connectivity index (χ0v) is 12.2. The van der Waals surface area contributed by atoms with Gasteiger partial charge in [-0.05, 0) is 24.5 Å². The zero-order valence-electron chi connectivity index (χ0n) is 12.2. The summed E-state index contributed by atoms with van der Waals surface area (Å²) in [4.78, 5) is 12.5. The Morgan fingerprint density at radius 1 is 1.14 bits per heavy atom. The van der Waals surface area contributed by atoms with Gasteiger partial charge in [-0.2, -0.15) is 5.10 Å². The van der Waals surface area contributed by atoms with Crippen LogP contribution in [0.5, 0.6) is 0 Å². The number of carbonyl (C=O) groups excluding carboxylic acids is 1. The van der Waals surface area contributed by atoms with Gasteiger partial charge in [-0.3, -0.25) is 9.89 Å². The summed E-state index contributed by atoms with van der Waals surface area (Å²) in [6, 6.07) is 16.1. The summed E-state index contributed by atoms with van der Waals surface area (Å²) in [5, 5.41) is 11.0. The SMILES string of the molecule is O=C(NCC1(c2ccccc2)CC1)c1cccc2cn[nH]c12. The number of fused-ring (bicyclic) bond motifs is 1. The predicted molar refractivity (Wildman–Crippen MR) is 85.8 cm³/mol. The third-order valence-corrected chi connectivity index (χ3v) is 4.55. The minimum Gasteiger partial charge on any atom is -0.351 e. The van der Waals surface area contributed by atoms with Crippen LogP contribution in [-0.2, 0) is 5.41 Å². The van der Waals surface area contributed by atoms with Gasteiger partial charge >= 0.3 is 0 Å². The molecule has 0 unspecified atom stereocenters. The molecule has 0 aliphatic heterocycles. The van der Waals surface area contributed by atoms with Crippen LogP contribution in [-0.4, -0.2) is 22.6 Å². The molecule has 2 N–H and O–H groups in total. The number of nitrogens with zero attached hydrogens (tertiary/aromatic N) is 1. The van der Waals surface area contributed by atoms with E-state index in [1.54, 1.807) is 6.20 Å². The highest BCUT2D eigenvalue weighted by Crippen LogP contribution is 2.47. The Labute approximate surface area is 128 Å². The van der Waals surface area contributed by atoms with E-state index in [1.807, 2.05) is 24.3 Å². The van der Waals surface area contributed by atoms with Crippen molar-refractivity contribution in [2.24, 2.45) is 0 Å². The lowest BCUT2D eigenvalue weighted by Crippen LogP contribution is -2.32. The lowest BCUT2D eigenvalue weighted by molar-refractivity contribution is 0.0951. The highest BCUT2D eigenvalue weighted by molar-refractivity contribution is 6.05.